The van der Waals surface area contributed by atoms with Gasteiger partial charge in [-0.3, -0.25) is 5.10 Å². The van der Waals surface area contributed by atoms with Crippen molar-refractivity contribution < 1.29 is 0 Å². The van der Waals surface area contributed by atoms with Crippen molar-refractivity contribution in [2.24, 2.45) is 5.73 Å². The van der Waals surface area contributed by atoms with Gasteiger partial charge in [0.25, 0.3) is 0 Å². The Bertz CT molecular complexity index is 417. The van der Waals surface area contributed by atoms with Gasteiger partial charge in [-0.25, -0.2) is 0 Å². The second-order valence-electron chi connectivity index (χ2n) is 3.36. The van der Waals surface area contributed by atoms with Crippen LogP contribution in [-0.2, 0) is 0 Å². The maximum atomic E-state index is 6.11. The first-order valence-corrected chi connectivity index (χ1v) is 5.32. The summed E-state index contributed by atoms with van der Waals surface area (Å²) in [7, 11) is 0. The Balaban J connectivity index is 2.36. The lowest BCUT2D eigenvalue weighted by Gasteiger charge is -2.08. The van der Waals surface area contributed by atoms with E-state index >= 15 is 0 Å². The Morgan fingerprint density at radius 2 is 2.29 bits per heavy atom. The Hall–Kier alpha value is -1.13. The van der Waals surface area contributed by atoms with Crippen LogP contribution in [-0.4, -0.2) is 10.2 Å². The van der Waals surface area contributed by atoms with E-state index in [1.54, 1.807) is 17.5 Å². The smallest absolute Gasteiger partial charge is 0.0731 e. The van der Waals surface area contributed by atoms with Crippen LogP contribution in [0, 0.1) is 13.8 Å². The number of nitrogens with one attached hydrogen (secondary N) is 1. The van der Waals surface area contributed by atoms with Crippen LogP contribution in [0.4, 0.5) is 0 Å². The molecule has 0 spiro atoms. The summed E-state index contributed by atoms with van der Waals surface area (Å²) in [4.78, 5) is 2.58. The monoisotopic (exact) mass is 207 g/mol. The number of thiophene rings is 1. The number of nitrogens with zero attached hydrogens (tertiary/aromatic N) is 1. The molecule has 1 unspecified atom stereocenters. The van der Waals surface area contributed by atoms with Gasteiger partial charge in [0.15, 0.2) is 0 Å². The summed E-state index contributed by atoms with van der Waals surface area (Å²) in [5, 5.41) is 6.81. The fourth-order valence-electron chi connectivity index (χ4n) is 1.57. The van der Waals surface area contributed by atoms with Crippen molar-refractivity contribution >= 4 is 11.3 Å². The van der Waals surface area contributed by atoms with Crippen molar-refractivity contribution in [1.29, 1.82) is 0 Å². The first-order valence-electron chi connectivity index (χ1n) is 4.50. The molecule has 2 aromatic rings. The highest BCUT2D eigenvalue weighted by Gasteiger charge is 2.14. The zero-order valence-corrected chi connectivity index (χ0v) is 9.06. The van der Waals surface area contributed by atoms with Crippen LogP contribution in [0.15, 0.2) is 18.3 Å². The van der Waals surface area contributed by atoms with E-state index in [0.717, 1.165) is 5.69 Å². The molecule has 74 valence electrons. The number of nitrogens with two attached hydrogens (primary N) is 1. The zero-order valence-electron chi connectivity index (χ0n) is 8.24. The molecule has 0 aliphatic heterocycles. The van der Waals surface area contributed by atoms with E-state index in [-0.39, 0.29) is 6.04 Å². The molecule has 0 radical (unpaired) electrons. The summed E-state index contributed by atoms with van der Waals surface area (Å²) in [6.07, 6.45) is 1.73. The fourth-order valence-corrected chi connectivity index (χ4v) is 2.54. The van der Waals surface area contributed by atoms with Gasteiger partial charge in [0, 0.05) is 16.0 Å². The number of rotatable bonds is 2. The predicted molar refractivity (Wildman–Crippen MR) is 58.4 cm³/mol. The minimum atomic E-state index is -0.0811. The van der Waals surface area contributed by atoms with Crippen LogP contribution in [0.5, 0.6) is 0 Å². The van der Waals surface area contributed by atoms with E-state index in [2.05, 4.69) is 30.1 Å². The summed E-state index contributed by atoms with van der Waals surface area (Å²) >= 11 is 1.78. The molecule has 2 rings (SSSR count). The minimum absolute atomic E-state index is 0.0811. The third-order valence-corrected chi connectivity index (χ3v) is 3.25. The normalized spacial score (nSPS) is 13.1. The number of H-pyrrole nitrogens is 1. The van der Waals surface area contributed by atoms with Gasteiger partial charge < -0.3 is 5.73 Å². The van der Waals surface area contributed by atoms with Crippen molar-refractivity contribution in [1.82, 2.24) is 10.2 Å². The Labute approximate surface area is 87.0 Å². The number of aryl methyl sites for hydroxylation is 2. The molecular formula is C10H13N3S. The second-order valence-corrected chi connectivity index (χ2v) is 4.82. The molecule has 3 N–H and O–H groups in total. The molecule has 0 aromatic carbocycles. The molecule has 0 aliphatic carbocycles. The Kier molecular flexibility index (Phi) is 2.39. The molecule has 0 saturated heterocycles. The lowest BCUT2D eigenvalue weighted by atomic mass is 10.1. The van der Waals surface area contributed by atoms with Crippen molar-refractivity contribution in [2.45, 2.75) is 19.9 Å². The third-order valence-electron chi connectivity index (χ3n) is 2.27. The van der Waals surface area contributed by atoms with Crippen molar-refractivity contribution in [3.63, 3.8) is 0 Å². The SMILES string of the molecule is Cc1cc(C(N)c2ccn[nH]2)c(C)s1. The molecule has 0 aliphatic rings. The highest BCUT2D eigenvalue weighted by Crippen LogP contribution is 2.27. The molecule has 3 nitrogen and oxygen atoms in total. The van der Waals surface area contributed by atoms with Gasteiger partial charge >= 0.3 is 0 Å². The van der Waals surface area contributed by atoms with Crippen LogP contribution in [0.25, 0.3) is 0 Å². The van der Waals surface area contributed by atoms with Gasteiger partial charge in [0.1, 0.15) is 0 Å². The number of aromatic amines is 1. The lowest BCUT2D eigenvalue weighted by Crippen LogP contribution is -2.12. The maximum absolute atomic E-state index is 6.11. The van der Waals surface area contributed by atoms with Gasteiger partial charge in [-0.15, -0.1) is 11.3 Å². The molecule has 0 saturated carbocycles. The predicted octanol–water partition coefficient (Wildman–Crippen LogP) is 2.14. The van der Waals surface area contributed by atoms with Crippen LogP contribution in [0.3, 0.4) is 0 Å². The molecule has 2 heterocycles. The van der Waals surface area contributed by atoms with E-state index in [9.17, 15) is 0 Å². The van der Waals surface area contributed by atoms with Gasteiger partial charge in [-0.2, -0.15) is 5.10 Å². The van der Waals surface area contributed by atoms with Crippen LogP contribution in [0.1, 0.15) is 27.1 Å². The summed E-state index contributed by atoms with van der Waals surface area (Å²) in [6, 6.07) is 3.98. The third kappa shape index (κ3) is 1.58. The van der Waals surface area contributed by atoms with E-state index in [1.807, 2.05) is 6.07 Å². The average molecular weight is 207 g/mol. The van der Waals surface area contributed by atoms with Gasteiger partial charge in [0.05, 0.1) is 11.7 Å². The maximum Gasteiger partial charge on any atom is 0.0731 e. The molecule has 1 atom stereocenters. The summed E-state index contributed by atoms with van der Waals surface area (Å²) in [6.45, 7) is 4.20. The van der Waals surface area contributed by atoms with Crippen molar-refractivity contribution in [2.75, 3.05) is 0 Å². The zero-order chi connectivity index (χ0) is 10.1. The number of aromatic nitrogens is 2. The summed E-state index contributed by atoms with van der Waals surface area (Å²) in [5.74, 6) is 0. The van der Waals surface area contributed by atoms with Crippen molar-refractivity contribution in [3.8, 4) is 0 Å². The summed E-state index contributed by atoms with van der Waals surface area (Å²) in [5.41, 5.74) is 8.27. The number of hydrogen-bond donors (Lipinski definition) is 2. The molecule has 0 amide bonds. The first kappa shape index (κ1) is 9.43. The van der Waals surface area contributed by atoms with E-state index in [4.69, 9.17) is 5.73 Å². The van der Waals surface area contributed by atoms with Gasteiger partial charge in [-0.05, 0) is 31.5 Å². The van der Waals surface area contributed by atoms with Crippen LogP contribution >= 0.6 is 11.3 Å². The molecule has 14 heavy (non-hydrogen) atoms. The lowest BCUT2D eigenvalue weighted by molar-refractivity contribution is 0.814. The highest BCUT2D eigenvalue weighted by molar-refractivity contribution is 7.12. The average Bonchev–Trinajstić information content (AvgIpc) is 2.73. The van der Waals surface area contributed by atoms with E-state index in [1.165, 1.54) is 15.3 Å². The molecule has 0 bridgehead atoms. The van der Waals surface area contributed by atoms with E-state index in [0.29, 0.717) is 0 Å². The van der Waals surface area contributed by atoms with Gasteiger partial charge in [-0.1, -0.05) is 0 Å². The standard InChI is InChI=1S/C10H13N3S/c1-6-5-8(7(2)14-6)10(11)9-3-4-12-13-9/h3-5,10H,11H2,1-2H3,(H,12,13). The Morgan fingerprint density at radius 1 is 1.50 bits per heavy atom. The highest BCUT2D eigenvalue weighted by atomic mass is 32.1. The topological polar surface area (TPSA) is 54.7 Å². The van der Waals surface area contributed by atoms with Crippen molar-refractivity contribution in [3.05, 3.63) is 39.3 Å². The minimum Gasteiger partial charge on any atom is -0.319 e. The Morgan fingerprint density at radius 3 is 2.79 bits per heavy atom. The second kappa shape index (κ2) is 3.55. The quantitative estimate of drug-likeness (QED) is 0.792. The fraction of sp³-hybridized carbons (Fsp3) is 0.300. The molecular weight excluding hydrogens is 194 g/mol. The summed E-state index contributed by atoms with van der Waals surface area (Å²) < 4.78 is 0. The largest absolute Gasteiger partial charge is 0.319 e. The van der Waals surface area contributed by atoms with E-state index < -0.39 is 0 Å². The first-order chi connectivity index (χ1) is 6.68. The molecule has 4 heteroatoms. The van der Waals surface area contributed by atoms with Gasteiger partial charge in [0.2, 0.25) is 0 Å². The van der Waals surface area contributed by atoms with Crippen LogP contribution in [0.2, 0.25) is 0 Å². The molecule has 0 fully saturated rings. The molecule has 2 aromatic heterocycles. The van der Waals surface area contributed by atoms with Crippen LogP contribution < -0.4 is 5.73 Å². The number of hydrogen-bond acceptors (Lipinski definition) is 3.